The maximum absolute atomic E-state index is 12.5. The summed E-state index contributed by atoms with van der Waals surface area (Å²) < 4.78 is 0. The molecule has 0 unspecified atom stereocenters. The van der Waals surface area contributed by atoms with Crippen molar-refractivity contribution in [3.63, 3.8) is 0 Å². The summed E-state index contributed by atoms with van der Waals surface area (Å²) >= 11 is 0. The quantitative estimate of drug-likeness (QED) is 0.590. The van der Waals surface area contributed by atoms with Crippen LogP contribution in [0.25, 0.3) is 11.1 Å². The van der Waals surface area contributed by atoms with Crippen molar-refractivity contribution in [3.05, 3.63) is 70.9 Å². The summed E-state index contributed by atoms with van der Waals surface area (Å²) in [5.74, 6) is 0.314. The first-order valence-electron chi connectivity index (χ1n) is 10.5. The van der Waals surface area contributed by atoms with Crippen LogP contribution >= 0.6 is 0 Å². The Morgan fingerprint density at radius 1 is 1.06 bits per heavy atom. The number of H-pyrrole nitrogens is 1. The molecular weight excluding hydrogens is 390 g/mol. The molecule has 3 N–H and O–H groups in total. The molecule has 0 atom stereocenters. The smallest absolute Gasteiger partial charge is 0.317 e. The largest absolute Gasteiger partial charge is 0.337 e. The molecule has 3 amide bonds. The molecule has 0 saturated carbocycles. The Balaban J connectivity index is 1.30. The van der Waals surface area contributed by atoms with E-state index in [1.54, 1.807) is 4.90 Å². The number of fused-ring (bicyclic) bond motifs is 1. The number of benzene rings is 2. The Bertz CT molecular complexity index is 1090. The average molecular weight is 418 g/mol. The van der Waals surface area contributed by atoms with E-state index in [2.05, 4.69) is 33.0 Å². The first kappa shape index (κ1) is 20.7. The number of aryl methyl sites for hydroxylation is 2. The molecule has 160 valence electrons. The molecule has 3 aromatic rings. The van der Waals surface area contributed by atoms with Crippen LogP contribution in [0.2, 0.25) is 0 Å². The third-order valence-electron chi connectivity index (χ3n) is 5.59. The van der Waals surface area contributed by atoms with Crippen LogP contribution in [-0.2, 0) is 17.8 Å². The van der Waals surface area contributed by atoms with Crippen LogP contribution < -0.4 is 10.6 Å². The van der Waals surface area contributed by atoms with Crippen LogP contribution in [0.15, 0.2) is 48.5 Å². The molecule has 1 aliphatic rings. The summed E-state index contributed by atoms with van der Waals surface area (Å²) in [4.78, 5) is 26.7. The number of aromatic nitrogens is 2. The normalized spacial score (nSPS) is 12.9. The lowest BCUT2D eigenvalue weighted by atomic mass is 10.0. The minimum atomic E-state index is -0.191. The second kappa shape index (κ2) is 9.04. The van der Waals surface area contributed by atoms with E-state index in [1.807, 2.05) is 50.2 Å². The number of nitrogens with one attached hydrogen (secondary N) is 3. The van der Waals surface area contributed by atoms with Gasteiger partial charge in [-0.15, -0.1) is 0 Å². The van der Waals surface area contributed by atoms with Crippen LogP contribution in [0.1, 0.15) is 28.8 Å². The summed E-state index contributed by atoms with van der Waals surface area (Å²) in [6.45, 7) is 5.51. The minimum Gasteiger partial charge on any atom is -0.337 e. The van der Waals surface area contributed by atoms with Gasteiger partial charge in [-0.25, -0.2) is 4.79 Å². The Morgan fingerprint density at radius 2 is 1.81 bits per heavy atom. The van der Waals surface area contributed by atoms with Crippen LogP contribution in [0.3, 0.4) is 0 Å². The number of amides is 3. The number of carbonyl (C=O) groups excluding carboxylic acids is 2. The average Bonchev–Trinajstić information content (AvgIpc) is 3.13. The number of urea groups is 1. The molecule has 7 nitrogen and oxygen atoms in total. The fourth-order valence-electron chi connectivity index (χ4n) is 3.85. The summed E-state index contributed by atoms with van der Waals surface area (Å²) in [7, 11) is 0. The number of hydrogen-bond acceptors (Lipinski definition) is 3. The molecule has 0 fully saturated rings. The number of rotatable bonds is 5. The molecule has 2 heterocycles. The Kier molecular flexibility index (Phi) is 6.02. The number of anilines is 1. The van der Waals surface area contributed by atoms with E-state index in [4.69, 9.17) is 0 Å². The zero-order valence-electron chi connectivity index (χ0n) is 17.9. The van der Waals surface area contributed by atoms with Gasteiger partial charge in [-0.2, -0.15) is 5.10 Å². The SMILES string of the molecule is Cc1ccc(-c2c(NC(=O)CCNC(=O)N3CCc4ccccc4C3)n[nH]c2C)cc1. The highest BCUT2D eigenvalue weighted by Crippen LogP contribution is 2.29. The molecule has 1 aromatic heterocycles. The highest BCUT2D eigenvalue weighted by molar-refractivity contribution is 5.94. The zero-order valence-corrected chi connectivity index (χ0v) is 17.9. The van der Waals surface area contributed by atoms with Gasteiger partial charge < -0.3 is 15.5 Å². The topological polar surface area (TPSA) is 90.1 Å². The van der Waals surface area contributed by atoms with E-state index in [1.165, 1.54) is 16.7 Å². The molecule has 4 rings (SSSR count). The highest BCUT2D eigenvalue weighted by atomic mass is 16.2. The Hall–Kier alpha value is -3.61. The van der Waals surface area contributed by atoms with E-state index >= 15 is 0 Å². The molecule has 0 aliphatic carbocycles. The molecule has 1 aliphatic heterocycles. The van der Waals surface area contributed by atoms with Crippen molar-refractivity contribution in [3.8, 4) is 11.1 Å². The van der Waals surface area contributed by atoms with Gasteiger partial charge in [0.05, 0.1) is 0 Å². The lowest BCUT2D eigenvalue weighted by Crippen LogP contribution is -2.43. The zero-order chi connectivity index (χ0) is 21.8. The fraction of sp³-hybridized carbons (Fsp3) is 0.292. The summed E-state index contributed by atoms with van der Waals surface area (Å²) in [6.07, 6.45) is 1.03. The van der Waals surface area contributed by atoms with Gasteiger partial charge in [0.25, 0.3) is 0 Å². The minimum absolute atomic E-state index is 0.140. The van der Waals surface area contributed by atoms with E-state index < -0.39 is 0 Å². The molecular formula is C24H27N5O2. The third-order valence-corrected chi connectivity index (χ3v) is 5.59. The van der Waals surface area contributed by atoms with Crippen LogP contribution in [0, 0.1) is 13.8 Å². The maximum Gasteiger partial charge on any atom is 0.317 e. The second-order valence-electron chi connectivity index (χ2n) is 7.91. The Morgan fingerprint density at radius 3 is 2.58 bits per heavy atom. The third kappa shape index (κ3) is 4.77. The van der Waals surface area contributed by atoms with Crippen LogP contribution in [0.4, 0.5) is 10.6 Å². The number of nitrogens with zero attached hydrogens (tertiary/aromatic N) is 2. The van der Waals surface area contributed by atoms with E-state index in [9.17, 15) is 9.59 Å². The van der Waals surface area contributed by atoms with E-state index in [-0.39, 0.29) is 24.9 Å². The molecule has 0 saturated heterocycles. The molecule has 31 heavy (non-hydrogen) atoms. The number of aromatic amines is 1. The first-order valence-corrected chi connectivity index (χ1v) is 10.5. The van der Waals surface area contributed by atoms with Crippen molar-refractivity contribution in [2.45, 2.75) is 33.2 Å². The fourth-order valence-corrected chi connectivity index (χ4v) is 3.85. The van der Waals surface area contributed by atoms with Gasteiger partial charge in [0.1, 0.15) is 0 Å². The lowest BCUT2D eigenvalue weighted by Gasteiger charge is -2.28. The van der Waals surface area contributed by atoms with Gasteiger partial charge in [-0.05, 0) is 37.0 Å². The first-order chi connectivity index (χ1) is 15.0. The molecule has 7 heteroatoms. The summed E-state index contributed by atoms with van der Waals surface area (Å²) in [6, 6.07) is 16.1. The van der Waals surface area contributed by atoms with Crippen molar-refractivity contribution in [2.24, 2.45) is 0 Å². The van der Waals surface area contributed by atoms with Gasteiger partial charge in [-0.1, -0.05) is 54.1 Å². The van der Waals surface area contributed by atoms with E-state index in [0.717, 1.165) is 23.2 Å². The van der Waals surface area contributed by atoms with Gasteiger partial charge in [0.2, 0.25) is 5.91 Å². The van der Waals surface area contributed by atoms with Crippen molar-refractivity contribution >= 4 is 17.8 Å². The number of carbonyl (C=O) groups is 2. The lowest BCUT2D eigenvalue weighted by molar-refractivity contribution is -0.116. The van der Waals surface area contributed by atoms with Crippen molar-refractivity contribution in [1.82, 2.24) is 20.4 Å². The van der Waals surface area contributed by atoms with Gasteiger partial charge >= 0.3 is 6.03 Å². The maximum atomic E-state index is 12.5. The van der Waals surface area contributed by atoms with Gasteiger partial charge in [0.15, 0.2) is 5.82 Å². The second-order valence-corrected chi connectivity index (χ2v) is 7.91. The van der Waals surface area contributed by atoms with Crippen LogP contribution in [-0.4, -0.2) is 40.1 Å². The van der Waals surface area contributed by atoms with Gasteiger partial charge in [-0.3, -0.25) is 9.89 Å². The molecule has 0 radical (unpaired) electrons. The van der Waals surface area contributed by atoms with Crippen molar-refractivity contribution < 1.29 is 9.59 Å². The predicted molar refractivity (Wildman–Crippen MR) is 121 cm³/mol. The molecule has 0 bridgehead atoms. The Labute approximate surface area is 181 Å². The van der Waals surface area contributed by atoms with Crippen LogP contribution in [0.5, 0.6) is 0 Å². The summed E-state index contributed by atoms with van der Waals surface area (Å²) in [5, 5.41) is 12.9. The molecule has 2 aromatic carbocycles. The van der Waals surface area contributed by atoms with Crippen molar-refractivity contribution in [2.75, 3.05) is 18.4 Å². The van der Waals surface area contributed by atoms with Gasteiger partial charge in [0, 0.05) is 37.3 Å². The predicted octanol–water partition coefficient (Wildman–Crippen LogP) is 3.79. The monoisotopic (exact) mass is 417 g/mol. The van der Waals surface area contributed by atoms with E-state index in [0.29, 0.717) is 18.9 Å². The van der Waals surface area contributed by atoms with Crippen molar-refractivity contribution in [1.29, 1.82) is 0 Å². The summed E-state index contributed by atoms with van der Waals surface area (Å²) in [5.41, 5.74) is 6.40. The standard InChI is InChI=1S/C24H27N5O2/c1-16-7-9-19(10-8-16)22-17(2)27-28-23(22)26-21(30)11-13-25-24(31)29-14-12-18-5-3-4-6-20(18)15-29/h3-10H,11-15H2,1-2H3,(H,25,31)(H2,26,27,28,30). The molecule has 0 spiro atoms. The number of hydrogen-bond donors (Lipinski definition) is 3. The highest BCUT2D eigenvalue weighted by Gasteiger charge is 2.20.